The summed E-state index contributed by atoms with van der Waals surface area (Å²) in [5, 5.41) is 11.4. The lowest BCUT2D eigenvalue weighted by Gasteiger charge is -2.22. The summed E-state index contributed by atoms with van der Waals surface area (Å²) >= 11 is 1.51. The van der Waals surface area contributed by atoms with Gasteiger partial charge in [0.2, 0.25) is 0 Å². The third kappa shape index (κ3) is 7.24. The van der Waals surface area contributed by atoms with Gasteiger partial charge in [-0.2, -0.15) is 0 Å². The molecule has 2 aromatic rings. The van der Waals surface area contributed by atoms with E-state index in [1.54, 1.807) is 13.2 Å². The number of Topliss-reactive ketones (excluding diaryl/α,β-unsaturated/α-hetero) is 1. The maximum absolute atomic E-state index is 13.0. The summed E-state index contributed by atoms with van der Waals surface area (Å²) in [6.07, 6.45) is 8.44. The number of hydrogen-bond donors (Lipinski definition) is 1. The van der Waals surface area contributed by atoms with E-state index in [1.807, 2.05) is 55.5 Å². The Balaban J connectivity index is 1.54. The number of benzene rings is 2. The van der Waals surface area contributed by atoms with Crippen molar-refractivity contribution in [1.82, 2.24) is 0 Å². The summed E-state index contributed by atoms with van der Waals surface area (Å²) in [6.45, 7) is 2.62. The summed E-state index contributed by atoms with van der Waals surface area (Å²) in [7, 11) is 1.66. The highest BCUT2D eigenvalue weighted by Gasteiger charge is 2.41. The molecule has 1 atom stereocenters. The van der Waals surface area contributed by atoms with Crippen LogP contribution in [0.2, 0.25) is 0 Å². The number of rotatable bonds is 13. The van der Waals surface area contributed by atoms with Crippen LogP contribution >= 0.6 is 11.8 Å². The summed E-state index contributed by atoms with van der Waals surface area (Å²) in [5.74, 6) is 2.49. The van der Waals surface area contributed by atoms with Gasteiger partial charge in [-0.15, -0.1) is 11.8 Å². The van der Waals surface area contributed by atoms with Gasteiger partial charge in [-0.3, -0.25) is 4.79 Å². The standard InChI is InChI=1S/C28H34O4S/c1-3-33-26-21-28(30,19-9-10-20-32-24-12-5-4-6-13-24)25(27(26)29)14-8-7-11-22-15-17-23(31-2)18-16-22/h4-6,12-18,21,30H,3,7-11,19-20H2,1-2H3. The maximum atomic E-state index is 13.0. The molecule has 1 aliphatic rings. The molecular weight excluding hydrogens is 432 g/mol. The van der Waals surface area contributed by atoms with E-state index in [9.17, 15) is 9.90 Å². The molecule has 0 fully saturated rings. The normalized spacial score (nSPS) is 19.1. The van der Waals surface area contributed by atoms with Crippen molar-refractivity contribution < 1.29 is 19.4 Å². The van der Waals surface area contributed by atoms with Gasteiger partial charge < -0.3 is 14.6 Å². The van der Waals surface area contributed by atoms with Crippen molar-refractivity contribution in [3.8, 4) is 11.5 Å². The van der Waals surface area contributed by atoms with Gasteiger partial charge in [0.05, 0.1) is 18.6 Å². The second-order valence-corrected chi connectivity index (χ2v) is 9.48. The van der Waals surface area contributed by atoms with E-state index in [1.165, 1.54) is 17.3 Å². The molecule has 0 amide bonds. The molecule has 0 aliphatic heterocycles. The van der Waals surface area contributed by atoms with E-state index in [4.69, 9.17) is 9.47 Å². The van der Waals surface area contributed by atoms with Gasteiger partial charge in [-0.05, 0) is 80.2 Å². The molecule has 0 aromatic heterocycles. The van der Waals surface area contributed by atoms with Crippen LogP contribution in [0, 0.1) is 0 Å². The number of unbranched alkanes of at least 4 members (excludes halogenated alkanes) is 2. The molecule has 1 unspecified atom stereocenters. The zero-order valence-corrected chi connectivity index (χ0v) is 20.4. The fraction of sp³-hybridized carbons (Fsp3) is 0.393. The van der Waals surface area contributed by atoms with Crippen LogP contribution in [0.1, 0.15) is 44.6 Å². The van der Waals surface area contributed by atoms with Crippen molar-refractivity contribution in [3.05, 3.63) is 82.8 Å². The van der Waals surface area contributed by atoms with Gasteiger partial charge in [0, 0.05) is 5.57 Å². The van der Waals surface area contributed by atoms with Crippen LogP contribution in [0.25, 0.3) is 0 Å². The van der Waals surface area contributed by atoms with E-state index in [2.05, 4.69) is 12.1 Å². The number of hydrogen-bond acceptors (Lipinski definition) is 5. The number of methoxy groups -OCH3 is 1. The highest BCUT2D eigenvalue weighted by atomic mass is 32.2. The Morgan fingerprint density at radius 3 is 2.45 bits per heavy atom. The molecule has 1 N–H and O–H groups in total. The van der Waals surface area contributed by atoms with Crippen LogP contribution in [0.4, 0.5) is 0 Å². The van der Waals surface area contributed by atoms with Gasteiger partial charge >= 0.3 is 0 Å². The quantitative estimate of drug-likeness (QED) is 0.284. The second-order valence-electron chi connectivity index (χ2n) is 8.17. The van der Waals surface area contributed by atoms with E-state index in [0.717, 1.165) is 49.4 Å². The SMILES string of the molecule is CCSC1=CC(O)(CCCCOc2ccccc2)C(=CCCCc2ccc(OC)cc2)C1=O. The molecule has 0 bridgehead atoms. The zero-order chi connectivity index (χ0) is 23.5. The van der Waals surface area contributed by atoms with Crippen LogP contribution in [0.5, 0.6) is 11.5 Å². The van der Waals surface area contributed by atoms with Crippen LogP contribution in [0.3, 0.4) is 0 Å². The average molecular weight is 467 g/mol. The lowest BCUT2D eigenvalue weighted by Crippen LogP contribution is -2.28. The number of ketones is 1. The fourth-order valence-corrected chi connectivity index (χ4v) is 4.81. The number of ether oxygens (including phenoxy) is 2. The van der Waals surface area contributed by atoms with Crippen molar-refractivity contribution in [2.75, 3.05) is 19.5 Å². The number of aliphatic hydroxyl groups is 1. The Morgan fingerprint density at radius 2 is 1.76 bits per heavy atom. The summed E-state index contributed by atoms with van der Waals surface area (Å²) < 4.78 is 11.0. The van der Waals surface area contributed by atoms with Crippen molar-refractivity contribution >= 4 is 17.5 Å². The Labute approximate surface area is 201 Å². The Bertz CT molecular complexity index is 950. The predicted octanol–water partition coefficient (Wildman–Crippen LogP) is 6.14. The number of carbonyl (C=O) groups is 1. The molecule has 5 heteroatoms. The average Bonchev–Trinajstić information content (AvgIpc) is 3.07. The largest absolute Gasteiger partial charge is 0.497 e. The molecule has 1 aliphatic carbocycles. The molecule has 33 heavy (non-hydrogen) atoms. The molecule has 176 valence electrons. The Hall–Kier alpha value is -2.50. The molecule has 2 aromatic carbocycles. The molecule has 0 saturated carbocycles. The van der Waals surface area contributed by atoms with Gasteiger partial charge in [0.25, 0.3) is 0 Å². The summed E-state index contributed by atoms with van der Waals surface area (Å²) in [4.78, 5) is 13.6. The molecule has 3 rings (SSSR count). The Kier molecular flexibility index (Phi) is 9.64. The van der Waals surface area contributed by atoms with Gasteiger partial charge in [-0.1, -0.05) is 43.3 Å². The summed E-state index contributed by atoms with van der Waals surface area (Å²) in [5.41, 5.74) is 0.597. The van der Waals surface area contributed by atoms with E-state index in [-0.39, 0.29) is 5.78 Å². The number of thioether (sulfide) groups is 1. The minimum absolute atomic E-state index is 0.0191. The number of carbonyl (C=O) groups excluding carboxylic acids is 1. The van der Waals surface area contributed by atoms with Gasteiger partial charge in [0.15, 0.2) is 5.78 Å². The molecule has 0 radical (unpaired) electrons. The molecule has 0 saturated heterocycles. The van der Waals surface area contributed by atoms with E-state index < -0.39 is 5.60 Å². The van der Waals surface area contributed by atoms with Gasteiger partial charge in [-0.25, -0.2) is 0 Å². The predicted molar refractivity (Wildman–Crippen MR) is 136 cm³/mol. The fourth-order valence-electron chi connectivity index (χ4n) is 3.98. The number of allylic oxidation sites excluding steroid dienone is 2. The van der Waals surface area contributed by atoms with E-state index >= 15 is 0 Å². The van der Waals surface area contributed by atoms with Crippen molar-refractivity contribution in [2.24, 2.45) is 0 Å². The van der Waals surface area contributed by atoms with Crippen molar-refractivity contribution in [3.63, 3.8) is 0 Å². The number of para-hydroxylation sites is 1. The molecule has 0 heterocycles. The highest BCUT2D eigenvalue weighted by molar-refractivity contribution is 8.04. The summed E-state index contributed by atoms with van der Waals surface area (Å²) in [6, 6.07) is 17.8. The van der Waals surface area contributed by atoms with Crippen molar-refractivity contribution in [1.29, 1.82) is 0 Å². The highest BCUT2D eigenvalue weighted by Crippen LogP contribution is 2.39. The van der Waals surface area contributed by atoms with Crippen LogP contribution in [-0.2, 0) is 11.2 Å². The first-order valence-corrected chi connectivity index (χ1v) is 12.7. The topological polar surface area (TPSA) is 55.8 Å². The van der Waals surface area contributed by atoms with Crippen LogP contribution in [-0.4, -0.2) is 36.0 Å². The smallest absolute Gasteiger partial charge is 0.198 e. The minimum Gasteiger partial charge on any atom is -0.497 e. The van der Waals surface area contributed by atoms with Gasteiger partial charge in [0.1, 0.15) is 17.1 Å². The molecular formula is C28H34O4S. The first kappa shape index (κ1) is 25.1. The monoisotopic (exact) mass is 466 g/mol. The van der Waals surface area contributed by atoms with Crippen LogP contribution in [0.15, 0.2) is 77.2 Å². The van der Waals surface area contributed by atoms with Crippen molar-refractivity contribution in [2.45, 2.75) is 51.0 Å². The third-order valence-electron chi connectivity index (χ3n) is 5.75. The van der Waals surface area contributed by atoms with E-state index in [0.29, 0.717) is 23.5 Å². The molecule has 0 spiro atoms. The van der Waals surface area contributed by atoms with Crippen LogP contribution < -0.4 is 9.47 Å². The lowest BCUT2D eigenvalue weighted by atomic mass is 9.89. The third-order valence-corrected chi connectivity index (χ3v) is 6.65. The molecule has 4 nitrogen and oxygen atoms in total. The first-order valence-electron chi connectivity index (χ1n) is 11.7. The lowest BCUT2D eigenvalue weighted by molar-refractivity contribution is -0.112. The number of aryl methyl sites for hydroxylation is 1. The Morgan fingerprint density at radius 1 is 1.00 bits per heavy atom. The first-order chi connectivity index (χ1) is 16.1. The second kappa shape index (κ2) is 12.7. The maximum Gasteiger partial charge on any atom is 0.198 e. The minimum atomic E-state index is -1.18. The zero-order valence-electron chi connectivity index (χ0n) is 19.6.